The number of ether oxygens (including phenoxy) is 1. The molecule has 1 aromatic heterocycles. The number of para-hydroxylation sites is 2. The number of carbonyl (C=O) groups is 2. The van der Waals surface area contributed by atoms with Crippen LogP contribution in [-0.2, 0) is 4.79 Å². The second-order valence-corrected chi connectivity index (χ2v) is 10.1. The van der Waals surface area contributed by atoms with Crippen LogP contribution in [0, 0.1) is 0 Å². The Morgan fingerprint density at radius 3 is 2.47 bits per heavy atom. The van der Waals surface area contributed by atoms with Crippen LogP contribution in [0.2, 0.25) is 0 Å². The highest BCUT2D eigenvalue weighted by Gasteiger charge is 2.27. The van der Waals surface area contributed by atoms with Crippen LogP contribution in [0.25, 0.3) is 5.69 Å². The van der Waals surface area contributed by atoms with Gasteiger partial charge in [0.2, 0.25) is 11.9 Å². The Bertz CT molecular complexity index is 949. The number of hydrogen-bond acceptors (Lipinski definition) is 7. The quantitative estimate of drug-likeness (QED) is 0.637. The van der Waals surface area contributed by atoms with E-state index in [1.807, 2.05) is 49.6 Å². The molecule has 0 saturated carbocycles. The van der Waals surface area contributed by atoms with Gasteiger partial charge in [-0.25, -0.2) is 4.79 Å². The highest BCUT2D eigenvalue weighted by Crippen LogP contribution is 2.34. The van der Waals surface area contributed by atoms with E-state index in [9.17, 15) is 9.59 Å². The first kappa shape index (κ1) is 23.9. The fourth-order valence-corrected chi connectivity index (χ4v) is 4.32. The van der Waals surface area contributed by atoms with E-state index >= 15 is 0 Å². The maximum Gasteiger partial charge on any atom is 0.321 e. The van der Waals surface area contributed by atoms with Gasteiger partial charge in [-0.05, 0) is 59.1 Å². The molecule has 0 radical (unpaired) electrons. The van der Waals surface area contributed by atoms with Crippen LogP contribution in [0.4, 0.5) is 10.7 Å². The van der Waals surface area contributed by atoms with Gasteiger partial charge in [0.25, 0.3) is 0 Å². The zero-order valence-electron chi connectivity index (χ0n) is 19.3. The molecule has 9 nitrogen and oxygen atoms in total. The van der Waals surface area contributed by atoms with E-state index in [0.717, 1.165) is 37.6 Å². The molecule has 1 aliphatic heterocycles. The number of rotatable bonds is 6. The number of nitrogens with zero attached hydrogens (tertiary/aromatic N) is 4. The van der Waals surface area contributed by atoms with Gasteiger partial charge in [0.1, 0.15) is 5.75 Å². The third-order valence-corrected chi connectivity index (χ3v) is 6.00. The van der Waals surface area contributed by atoms with Crippen molar-refractivity contribution in [2.75, 3.05) is 25.1 Å². The van der Waals surface area contributed by atoms with Gasteiger partial charge in [0.15, 0.2) is 5.16 Å². The summed E-state index contributed by atoms with van der Waals surface area (Å²) < 4.78 is 7.52. The van der Waals surface area contributed by atoms with E-state index in [1.54, 1.807) is 14.0 Å². The molecule has 0 aliphatic carbocycles. The number of urea groups is 1. The second kappa shape index (κ2) is 10.2. The lowest BCUT2D eigenvalue weighted by Crippen LogP contribution is -2.49. The summed E-state index contributed by atoms with van der Waals surface area (Å²) in [5.74, 6) is 1.02. The molecule has 1 fully saturated rings. The van der Waals surface area contributed by atoms with E-state index in [-0.39, 0.29) is 0 Å². The largest absolute Gasteiger partial charge is 0.495 e. The van der Waals surface area contributed by atoms with Crippen molar-refractivity contribution < 1.29 is 14.3 Å². The smallest absolute Gasteiger partial charge is 0.321 e. The van der Waals surface area contributed by atoms with Crippen molar-refractivity contribution in [1.29, 1.82) is 0 Å². The first-order valence-corrected chi connectivity index (χ1v) is 11.7. The first-order chi connectivity index (χ1) is 15.2. The summed E-state index contributed by atoms with van der Waals surface area (Å²) in [5.41, 5.74) is 0.370. The van der Waals surface area contributed by atoms with Crippen LogP contribution >= 0.6 is 11.8 Å². The molecule has 0 unspecified atom stereocenters. The molecule has 0 spiro atoms. The number of thioether (sulfide) groups is 1. The highest BCUT2D eigenvalue weighted by molar-refractivity contribution is 8.00. The third kappa shape index (κ3) is 5.93. The van der Waals surface area contributed by atoms with Crippen LogP contribution in [0.1, 0.15) is 47.0 Å². The Balaban J connectivity index is 1.87. The van der Waals surface area contributed by atoms with Crippen molar-refractivity contribution in [3.63, 3.8) is 0 Å². The van der Waals surface area contributed by atoms with E-state index in [0.29, 0.717) is 10.9 Å². The van der Waals surface area contributed by atoms with Crippen LogP contribution in [0.3, 0.4) is 0 Å². The van der Waals surface area contributed by atoms with Crippen molar-refractivity contribution >= 4 is 29.6 Å². The molecule has 1 saturated heterocycles. The number of benzene rings is 1. The summed E-state index contributed by atoms with van der Waals surface area (Å²) in [6.45, 7) is 9.11. The lowest BCUT2D eigenvalue weighted by Gasteiger charge is -2.28. The molecule has 1 aromatic carbocycles. The zero-order valence-corrected chi connectivity index (χ0v) is 20.2. The number of anilines is 1. The van der Waals surface area contributed by atoms with Gasteiger partial charge in [-0.15, -0.1) is 10.2 Å². The molecule has 1 aliphatic rings. The topological polar surface area (TPSA) is 101 Å². The number of carbonyl (C=O) groups excluding carboxylic acids is 2. The van der Waals surface area contributed by atoms with Crippen LogP contribution in [-0.4, -0.2) is 57.7 Å². The predicted molar refractivity (Wildman–Crippen MR) is 126 cm³/mol. The van der Waals surface area contributed by atoms with Gasteiger partial charge in [-0.2, -0.15) is 0 Å². The summed E-state index contributed by atoms with van der Waals surface area (Å²) >= 11 is 1.25. The molecule has 2 heterocycles. The van der Waals surface area contributed by atoms with Gasteiger partial charge < -0.3 is 15.0 Å². The van der Waals surface area contributed by atoms with Crippen LogP contribution in [0.5, 0.6) is 5.75 Å². The summed E-state index contributed by atoms with van der Waals surface area (Å²) in [4.78, 5) is 27.0. The fraction of sp³-hybridized carbons (Fsp3) is 0.545. The predicted octanol–water partition coefficient (Wildman–Crippen LogP) is 3.37. The lowest BCUT2D eigenvalue weighted by atomic mass is 10.1. The van der Waals surface area contributed by atoms with Crippen molar-refractivity contribution in [1.82, 2.24) is 25.4 Å². The molecule has 0 bridgehead atoms. The molecular formula is C22H32N6O3S. The number of aromatic nitrogens is 3. The molecule has 32 heavy (non-hydrogen) atoms. The Labute approximate surface area is 193 Å². The monoisotopic (exact) mass is 460 g/mol. The Kier molecular flexibility index (Phi) is 7.65. The van der Waals surface area contributed by atoms with Crippen molar-refractivity contribution in [3.8, 4) is 11.4 Å². The number of hydrogen-bond donors (Lipinski definition) is 2. The summed E-state index contributed by atoms with van der Waals surface area (Å²) in [6.07, 6.45) is 3.40. The zero-order chi connectivity index (χ0) is 23.3. The van der Waals surface area contributed by atoms with E-state index in [4.69, 9.17) is 4.74 Å². The molecular weight excluding hydrogens is 428 g/mol. The lowest BCUT2D eigenvalue weighted by molar-refractivity contribution is -0.119. The normalized spacial score (nSPS) is 15.2. The molecule has 2 N–H and O–H groups in total. The Hall–Kier alpha value is -2.75. The van der Waals surface area contributed by atoms with Crippen molar-refractivity contribution in [3.05, 3.63) is 24.3 Å². The van der Waals surface area contributed by atoms with Gasteiger partial charge in [-0.3, -0.25) is 14.7 Å². The van der Waals surface area contributed by atoms with Crippen LogP contribution < -0.4 is 20.3 Å². The number of nitrogens with one attached hydrogen (secondary N) is 2. The average Bonchev–Trinajstić information content (AvgIpc) is 3.16. The van der Waals surface area contributed by atoms with Gasteiger partial charge in [0, 0.05) is 18.6 Å². The fourth-order valence-electron chi connectivity index (χ4n) is 3.46. The van der Waals surface area contributed by atoms with E-state index in [1.165, 1.54) is 18.2 Å². The number of methoxy groups -OCH3 is 1. The minimum Gasteiger partial charge on any atom is -0.495 e. The average molecular weight is 461 g/mol. The van der Waals surface area contributed by atoms with Crippen molar-refractivity contribution in [2.24, 2.45) is 0 Å². The van der Waals surface area contributed by atoms with Crippen molar-refractivity contribution in [2.45, 2.75) is 62.9 Å². The van der Waals surface area contributed by atoms with E-state index in [2.05, 4.69) is 25.7 Å². The summed E-state index contributed by atoms with van der Waals surface area (Å²) in [6, 6.07) is 7.15. The van der Waals surface area contributed by atoms with Crippen LogP contribution in [0.15, 0.2) is 29.4 Å². The molecule has 3 rings (SSSR count). The number of piperidine rings is 1. The summed E-state index contributed by atoms with van der Waals surface area (Å²) in [5, 5.41) is 14.0. The standard InChI is InChI=1S/C22H32N6O3S/c1-15(18(29)23-19(30)24-22(2,3)4)32-21-26-25-20(27-13-9-6-10-14-27)28(21)16-11-7-8-12-17(16)31-5/h7-8,11-12,15H,6,9-10,13-14H2,1-5H3,(H2,23,24,29,30)/t15-/m0/s1. The maximum atomic E-state index is 12.6. The minimum atomic E-state index is -0.562. The first-order valence-electron chi connectivity index (χ1n) is 10.8. The van der Waals surface area contributed by atoms with Gasteiger partial charge >= 0.3 is 6.03 Å². The second-order valence-electron chi connectivity index (χ2n) is 8.79. The molecule has 2 aromatic rings. The van der Waals surface area contributed by atoms with Gasteiger partial charge in [-0.1, -0.05) is 23.9 Å². The number of amides is 3. The Morgan fingerprint density at radius 2 is 1.81 bits per heavy atom. The maximum absolute atomic E-state index is 12.6. The minimum absolute atomic E-state index is 0.397. The molecule has 3 amide bonds. The van der Waals surface area contributed by atoms with Gasteiger partial charge in [0.05, 0.1) is 18.0 Å². The Morgan fingerprint density at radius 1 is 1.12 bits per heavy atom. The molecule has 10 heteroatoms. The van der Waals surface area contributed by atoms with E-state index < -0.39 is 22.7 Å². The number of imide groups is 1. The molecule has 1 atom stereocenters. The summed E-state index contributed by atoms with van der Waals surface area (Å²) in [7, 11) is 1.63. The third-order valence-electron chi connectivity index (χ3n) is 4.96. The highest BCUT2D eigenvalue weighted by atomic mass is 32.2. The SMILES string of the molecule is COc1ccccc1-n1c(S[C@@H](C)C(=O)NC(=O)NC(C)(C)C)nnc1N1CCCCC1. The molecule has 174 valence electrons.